The number of aryl methyl sites for hydroxylation is 1. The van der Waals surface area contributed by atoms with E-state index in [2.05, 4.69) is 15.6 Å². The van der Waals surface area contributed by atoms with Gasteiger partial charge in [0.15, 0.2) is 0 Å². The van der Waals surface area contributed by atoms with E-state index in [1.807, 2.05) is 38.1 Å². The number of aromatic nitrogens is 1. The topological polar surface area (TPSA) is 67.2 Å². The van der Waals surface area contributed by atoms with E-state index in [9.17, 15) is 4.79 Å². The summed E-state index contributed by atoms with van der Waals surface area (Å²) in [6.45, 7) is 4.57. The van der Waals surface area contributed by atoms with Gasteiger partial charge in [0.2, 0.25) is 5.89 Å². The average molecular weight is 273 g/mol. The van der Waals surface area contributed by atoms with E-state index in [0.717, 1.165) is 11.3 Å². The van der Waals surface area contributed by atoms with Crippen LogP contribution >= 0.6 is 0 Å². The molecule has 106 valence electrons. The van der Waals surface area contributed by atoms with Gasteiger partial charge in [0.05, 0.1) is 12.2 Å². The van der Waals surface area contributed by atoms with Gasteiger partial charge in [0.25, 0.3) is 5.91 Å². The first-order valence-corrected chi connectivity index (χ1v) is 6.57. The standard InChI is InChI=1S/C15H19N3O2/c1-10-8-18-15(20-10)11(2)17-9-12-4-6-13(7-5-12)14(19)16-3/h4-8,11,17H,9H2,1-3H3,(H,16,19). The van der Waals surface area contributed by atoms with E-state index in [-0.39, 0.29) is 11.9 Å². The number of carbonyl (C=O) groups excluding carboxylic acids is 1. The number of amides is 1. The zero-order valence-corrected chi connectivity index (χ0v) is 11.9. The molecule has 0 aliphatic carbocycles. The second kappa shape index (κ2) is 6.34. The molecule has 5 heteroatoms. The highest BCUT2D eigenvalue weighted by atomic mass is 16.4. The van der Waals surface area contributed by atoms with Crippen molar-refractivity contribution in [2.45, 2.75) is 26.4 Å². The Morgan fingerprint density at radius 1 is 1.35 bits per heavy atom. The van der Waals surface area contributed by atoms with Crippen molar-refractivity contribution in [3.8, 4) is 0 Å². The lowest BCUT2D eigenvalue weighted by Crippen LogP contribution is -2.19. The largest absolute Gasteiger partial charge is 0.444 e. The normalized spacial score (nSPS) is 12.2. The van der Waals surface area contributed by atoms with E-state index in [0.29, 0.717) is 18.0 Å². The molecule has 0 aliphatic heterocycles. The van der Waals surface area contributed by atoms with Crippen LogP contribution in [-0.2, 0) is 6.54 Å². The number of hydrogen-bond acceptors (Lipinski definition) is 4. The lowest BCUT2D eigenvalue weighted by molar-refractivity contribution is 0.0963. The van der Waals surface area contributed by atoms with Gasteiger partial charge in [-0.1, -0.05) is 12.1 Å². The van der Waals surface area contributed by atoms with Crippen LogP contribution in [0.4, 0.5) is 0 Å². The Hall–Kier alpha value is -2.14. The quantitative estimate of drug-likeness (QED) is 0.876. The van der Waals surface area contributed by atoms with Crippen LogP contribution < -0.4 is 10.6 Å². The minimum atomic E-state index is -0.0758. The summed E-state index contributed by atoms with van der Waals surface area (Å²) in [5.41, 5.74) is 1.76. The summed E-state index contributed by atoms with van der Waals surface area (Å²) in [5.74, 6) is 1.42. The molecular weight excluding hydrogens is 254 g/mol. The zero-order valence-electron chi connectivity index (χ0n) is 11.9. The molecule has 1 unspecified atom stereocenters. The number of rotatable bonds is 5. The predicted octanol–water partition coefficient (Wildman–Crippen LogP) is 2.19. The maximum absolute atomic E-state index is 11.4. The summed E-state index contributed by atoms with van der Waals surface area (Å²) in [5, 5.41) is 5.93. The van der Waals surface area contributed by atoms with Crippen LogP contribution in [0.3, 0.4) is 0 Å². The van der Waals surface area contributed by atoms with E-state index in [1.54, 1.807) is 13.2 Å². The molecule has 1 heterocycles. The molecule has 1 aromatic heterocycles. The molecule has 2 N–H and O–H groups in total. The molecule has 0 radical (unpaired) electrons. The third-order valence-electron chi connectivity index (χ3n) is 3.07. The SMILES string of the molecule is CNC(=O)c1ccc(CNC(C)c2ncc(C)o2)cc1. The van der Waals surface area contributed by atoms with E-state index in [1.165, 1.54) is 0 Å². The van der Waals surface area contributed by atoms with Crippen LogP contribution in [0.1, 0.15) is 40.5 Å². The molecule has 1 aromatic carbocycles. The first kappa shape index (κ1) is 14.3. The first-order chi connectivity index (χ1) is 9.60. The van der Waals surface area contributed by atoms with E-state index >= 15 is 0 Å². The maximum Gasteiger partial charge on any atom is 0.251 e. The predicted molar refractivity (Wildman–Crippen MR) is 76.3 cm³/mol. The molecule has 0 saturated carbocycles. The molecule has 5 nitrogen and oxygen atoms in total. The van der Waals surface area contributed by atoms with Gasteiger partial charge in [-0.2, -0.15) is 0 Å². The zero-order chi connectivity index (χ0) is 14.5. The molecule has 0 saturated heterocycles. The Balaban J connectivity index is 1.92. The Kier molecular flexibility index (Phi) is 4.53. The van der Waals surface area contributed by atoms with E-state index < -0.39 is 0 Å². The van der Waals surface area contributed by atoms with Crippen LogP contribution in [0.25, 0.3) is 0 Å². The number of nitrogens with one attached hydrogen (secondary N) is 2. The Bertz CT molecular complexity index is 575. The summed E-state index contributed by atoms with van der Waals surface area (Å²) in [4.78, 5) is 15.6. The second-order valence-electron chi connectivity index (χ2n) is 4.69. The van der Waals surface area contributed by atoms with Gasteiger partial charge in [0, 0.05) is 19.2 Å². The van der Waals surface area contributed by atoms with Crippen LogP contribution in [0.5, 0.6) is 0 Å². The number of oxazole rings is 1. The van der Waals surface area contributed by atoms with Gasteiger partial charge in [-0.15, -0.1) is 0 Å². The second-order valence-corrected chi connectivity index (χ2v) is 4.69. The molecule has 0 aliphatic rings. The van der Waals surface area contributed by atoms with Crippen molar-refractivity contribution in [1.82, 2.24) is 15.6 Å². The Morgan fingerprint density at radius 2 is 2.05 bits per heavy atom. The highest BCUT2D eigenvalue weighted by Gasteiger charge is 2.10. The van der Waals surface area contributed by atoms with Crippen LogP contribution in [-0.4, -0.2) is 17.9 Å². The molecule has 1 atom stereocenters. The van der Waals surface area contributed by atoms with Crippen molar-refractivity contribution < 1.29 is 9.21 Å². The third-order valence-corrected chi connectivity index (χ3v) is 3.07. The van der Waals surface area contributed by atoms with Crippen molar-refractivity contribution in [2.24, 2.45) is 0 Å². The lowest BCUT2D eigenvalue weighted by atomic mass is 10.1. The molecule has 1 amide bonds. The third kappa shape index (κ3) is 3.45. The van der Waals surface area contributed by atoms with Gasteiger partial charge < -0.3 is 15.1 Å². The van der Waals surface area contributed by atoms with Gasteiger partial charge in [0.1, 0.15) is 5.76 Å². The summed E-state index contributed by atoms with van der Waals surface area (Å²) in [7, 11) is 1.62. The number of benzene rings is 1. The van der Waals surface area contributed by atoms with Crippen LogP contribution in [0.2, 0.25) is 0 Å². The minimum Gasteiger partial charge on any atom is -0.444 e. The first-order valence-electron chi connectivity index (χ1n) is 6.57. The molecule has 0 bridgehead atoms. The van der Waals surface area contributed by atoms with Crippen molar-refractivity contribution in [1.29, 1.82) is 0 Å². The molecule has 20 heavy (non-hydrogen) atoms. The molecule has 0 spiro atoms. The molecular formula is C15H19N3O2. The molecule has 2 aromatic rings. The summed E-state index contributed by atoms with van der Waals surface area (Å²) in [6.07, 6.45) is 1.71. The van der Waals surface area contributed by atoms with Crippen molar-refractivity contribution in [3.63, 3.8) is 0 Å². The smallest absolute Gasteiger partial charge is 0.251 e. The summed E-state index contributed by atoms with van der Waals surface area (Å²) in [6, 6.07) is 7.55. The molecule has 0 fully saturated rings. The van der Waals surface area contributed by atoms with Crippen molar-refractivity contribution in [3.05, 3.63) is 53.2 Å². The lowest BCUT2D eigenvalue weighted by Gasteiger charge is -2.10. The fraction of sp³-hybridized carbons (Fsp3) is 0.333. The summed E-state index contributed by atoms with van der Waals surface area (Å²) >= 11 is 0. The van der Waals surface area contributed by atoms with Crippen molar-refractivity contribution in [2.75, 3.05) is 7.05 Å². The fourth-order valence-electron chi connectivity index (χ4n) is 1.85. The average Bonchev–Trinajstić information content (AvgIpc) is 2.91. The number of nitrogens with zero attached hydrogens (tertiary/aromatic N) is 1. The van der Waals surface area contributed by atoms with Gasteiger partial charge in [-0.05, 0) is 31.5 Å². The number of hydrogen-bond donors (Lipinski definition) is 2. The fourth-order valence-corrected chi connectivity index (χ4v) is 1.85. The highest BCUT2D eigenvalue weighted by molar-refractivity contribution is 5.93. The Morgan fingerprint density at radius 3 is 2.60 bits per heavy atom. The Labute approximate surface area is 118 Å². The maximum atomic E-state index is 11.4. The minimum absolute atomic E-state index is 0.0438. The van der Waals surface area contributed by atoms with Gasteiger partial charge >= 0.3 is 0 Å². The van der Waals surface area contributed by atoms with E-state index in [4.69, 9.17) is 4.42 Å². The van der Waals surface area contributed by atoms with Crippen LogP contribution in [0, 0.1) is 6.92 Å². The van der Waals surface area contributed by atoms with Gasteiger partial charge in [-0.3, -0.25) is 4.79 Å². The van der Waals surface area contributed by atoms with Crippen molar-refractivity contribution >= 4 is 5.91 Å². The van der Waals surface area contributed by atoms with Crippen LogP contribution in [0.15, 0.2) is 34.9 Å². The number of carbonyl (C=O) groups is 1. The monoisotopic (exact) mass is 273 g/mol. The van der Waals surface area contributed by atoms with Gasteiger partial charge in [-0.25, -0.2) is 4.98 Å². The highest BCUT2D eigenvalue weighted by Crippen LogP contribution is 2.13. The molecule has 2 rings (SSSR count). The summed E-state index contributed by atoms with van der Waals surface area (Å²) < 4.78 is 5.47.